The average molecular weight is 345 g/mol. The molecule has 0 radical (unpaired) electrons. The van der Waals surface area contributed by atoms with Crippen molar-refractivity contribution in [3.05, 3.63) is 53.1 Å². The Hall–Kier alpha value is -2.01. The number of nitrogens with zero attached hydrogens (tertiary/aromatic N) is 1. The molecule has 2 aromatic rings. The third-order valence-electron chi connectivity index (χ3n) is 4.67. The third kappa shape index (κ3) is 2.57. The summed E-state index contributed by atoms with van der Waals surface area (Å²) in [5.41, 5.74) is 3.49. The molecule has 1 unspecified atom stereocenters. The lowest BCUT2D eigenvalue weighted by Crippen LogP contribution is -2.36. The standard InChI is InChI=1S/C19H23NO3S/c1-5-23-18-10-11-19(15(4)14(18)3)24(21,22)20-13(2)12-16-8-6-7-9-17(16)20/h6-11,13H,5,12H2,1-4H3. The van der Waals surface area contributed by atoms with Crippen molar-refractivity contribution in [1.29, 1.82) is 0 Å². The van der Waals surface area contributed by atoms with Crippen LogP contribution in [0.1, 0.15) is 30.5 Å². The van der Waals surface area contributed by atoms with E-state index in [-0.39, 0.29) is 6.04 Å². The number of para-hydroxylation sites is 1. The number of sulfonamides is 1. The molecule has 128 valence electrons. The van der Waals surface area contributed by atoms with E-state index in [1.807, 2.05) is 52.0 Å². The second-order valence-electron chi connectivity index (χ2n) is 6.23. The van der Waals surface area contributed by atoms with E-state index in [2.05, 4.69) is 0 Å². The number of hydrogen-bond acceptors (Lipinski definition) is 3. The van der Waals surface area contributed by atoms with Crippen molar-refractivity contribution in [1.82, 2.24) is 0 Å². The maximum atomic E-state index is 13.3. The van der Waals surface area contributed by atoms with E-state index in [4.69, 9.17) is 4.74 Å². The quantitative estimate of drug-likeness (QED) is 0.846. The Morgan fingerprint density at radius 3 is 2.54 bits per heavy atom. The molecule has 1 heterocycles. The van der Waals surface area contributed by atoms with E-state index in [0.29, 0.717) is 11.5 Å². The van der Waals surface area contributed by atoms with Crippen molar-refractivity contribution in [3.8, 4) is 5.75 Å². The summed E-state index contributed by atoms with van der Waals surface area (Å²) in [7, 11) is -3.61. The predicted molar refractivity (Wildman–Crippen MR) is 96.4 cm³/mol. The Kier molecular flexibility index (Phi) is 4.30. The van der Waals surface area contributed by atoms with Crippen LogP contribution >= 0.6 is 0 Å². The molecule has 3 rings (SSSR count). The first-order chi connectivity index (χ1) is 11.4. The summed E-state index contributed by atoms with van der Waals surface area (Å²) in [5.74, 6) is 0.740. The number of anilines is 1. The van der Waals surface area contributed by atoms with Gasteiger partial charge in [-0.05, 0) is 69.0 Å². The van der Waals surface area contributed by atoms with Crippen LogP contribution in [0.3, 0.4) is 0 Å². The highest BCUT2D eigenvalue weighted by Crippen LogP contribution is 2.38. The normalized spacial score (nSPS) is 17.0. The Balaban J connectivity index is 2.11. The van der Waals surface area contributed by atoms with Gasteiger partial charge in [-0.3, -0.25) is 4.31 Å². The Bertz CT molecular complexity index is 874. The van der Waals surface area contributed by atoms with E-state index in [1.165, 1.54) is 0 Å². The first kappa shape index (κ1) is 16.8. The molecule has 0 N–H and O–H groups in total. The van der Waals surface area contributed by atoms with Crippen LogP contribution in [0.2, 0.25) is 0 Å². The monoisotopic (exact) mass is 345 g/mol. The highest BCUT2D eigenvalue weighted by molar-refractivity contribution is 7.93. The zero-order valence-corrected chi connectivity index (χ0v) is 15.4. The van der Waals surface area contributed by atoms with Crippen LogP contribution in [-0.2, 0) is 16.4 Å². The smallest absolute Gasteiger partial charge is 0.264 e. The molecular weight excluding hydrogens is 322 g/mol. The molecule has 0 fully saturated rings. The molecule has 5 heteroatoms. The zero-order chi connectivity index (χ0) is 17.5. The minimum Gasteiger partial charge on any atom is -0.494 e. The number of fused-ring (bicyclic) bond motifs is 1. The summed E-state index contributed by atoms with van der Waals surface area (Å²) in [6.45, 7) is 8.18. The Morgan fingerprint density at radius 1 is 1.12 bits per heavy atom. The van der Waals surface area contributed by atoms with Gasteiger partial charge in [-0.25, -0.2) is 8.42 Å². The van der Waals surface area contributed by atoms with Gasteiger partial charge in [0.1, 0.15) is 5.75 Å². The highest BCUT2D eigenvalue weighted by atomic mass is 32.2. The van der Waals surface area contributed by atoms with Crippen molar-refractivity contribution in [2.24, 2.45) is 0 Å². The molecule has 1 aliphatic heterocycles. The van der Waals surface area contributed by atoms with Crippen molar-refractivity contribution >= 4 is 15.7 Å². The van der Waals surface area contributed by atoms with Gasteiger partial charge in [0.2, 0.25) is 0 Å². The number of hydrogen-bond donors (Lipinski definition) is 0. The van der Waals surface area contributed by atoms with Gasteiger partial charge in [0.05, 0.1) is 17.2 Å². The molecule has 0 bridgehead atoms. The SMILES string of the molecule is CCOc1ccc(S(=O)(=O)N2c3ccccc3CC2C)c(C)c1C. The molecule has 0 aromatic heterocycles. The lowest BCUT2D eigenvalue weighted by atomic mass is 10.1. The second-order valence-corrected chi connectivity index (χ2v) is 8.01. The molecule has 2 aromatic carbocycles. The fourth-order valence-electron chi connectivity index (χ4n) is 3.37. The van der Waals surface area contributed by atoms with E-state index in [1.54, 1.807) is 16.4 Å². The van der Waals surface area contributed by atoms with Crippen LogP contribution in [0, 0.1) is 13.8 Å². The summed E-state index contributed by atoms with van der Waals surface area (Å²) in [4.78, 5) is 0.354. The topological polar surface area (TPSA) is 46.6 Å². The van der Waals surface area contributed by atoms with Crippen LogP contribution in [0.4, 0.5) is 5.69 Å². The third-order valence-corrected chi connectivity index (χ3v) is 6.74. The van der Waals surface area contributed by atoms with Gasteiger partial charge in [-0.15, -0.1) is 0 Å². The number of rotatable bonds is 4. The Morgan fingerprint density at radius 2 is 1.83 bits per heavy atom. The fourth-order valence-corrected chi connectivity index (χ4v) is 5.35. The van der Waals surface area contributed by atoms with Crippen LogP contribution in [0.5, 0.6) is 5.75 Å². The van der Waals surface area contributed by atoms with Crippen LogP contribution in [-0.4, -0.2) is 21.1 Å². The zero-order valence-electron chi connectivity index (χ0n) is 14.5. The average Bonchev–Trinajstić information content (AvgIpc) is 2.88. The predicted octanol–water partition coefficient (Wildman–Crippen LogP) is 3.84. The summed E-state index contributed by atoms with van der Waals surface area (Å²) >= 11 is 0. The summed E-state index contributed by atoms with van der Waals surface area (Å²) in [6.07, 6.45) is 0.741. The Labute approximate surface area is 144 Å². The summed E-state index contributed by atoms with van der Waals surface area (Å²) in [5, 5.41) is 0. The molecule has 0 spiro atoms. The maximum absolute atomic E-state index is 13.3. The van der Waals surface area contributed by atoms with Gasteiger partial charge in [0.15, 0.2) is 0 Å². The lowest BCUT2D eigenvalue weighted by molar-refractivity contribution is 0.337. The van der Waals surface area contributed by atoms with E-state index < -0.39 is 10.0 Å². The molecule has 0 aliphatic carbocycles. The number of benzene rings is 2. The number of ether oxygens (including phenoxy) is 1. The van der Waals surface area contributed by atoms with Crippen LogP contribution < -0.4 is 9.04 Å². The highest BCUT2D eigenvalue weighted by Gasteiger charge is 2.36. The summed E-state index contributed by atoms with van der Waals surface area (Å²) < 4.78 is 33.8. The van der Waals surface area contributed by atoms with Gasteiger partial charge >= 0.3 is 0 Å². The summed E-state index contributed by atoms with van der Waals surface area (Å²) in [6, 6.07) is 11.1. The minimum atomic E-state index is -3.61. The van der Waals surface area contributed by atoms with Crippen LogP contribution in [0.15, 0.2) is 41.3 Å². The van der Waals surface area contributed by atoms with Crippen molar-refractivity contribution < 1.29 is 13.2 Å². The molecule has 0 amide bonds. The van der Waals surface area contributed by atoms with Gasteiger partial charge in [0.25, 0.3) is 10.0 Å². The minimum absolute atomic E-state index is 0.0846. The van der Waals surface area contributed by atoms with E-state index in [0.717, 1.165) is 34.5 Å². The van der Waals surface area contributed by atoms with Crippen molar-refractivity contribution in [3.63, 3.8) is 0 Å². The van der Waals surface area contributed by atoms with Gasteiger partial charge in [0, 0.05) is 6.04 Å². The van der Waals surface area contributed by atoms with Gasteiger partial charge in [-0.1, -0.05) is 18.2 Å². The molecule has 0 saturated carbocycles. The van der Waals surface area contributed by atoms with Gasteiger partial charge in [-0.2, -0.15) is 0 Å². The molecule has 1 aliphatic rings. The molecule has 1 atom stereocenters. The van der Waals surface area contributed by atoms with E-state index >= 15 is 0 Å². The van der Waals surface area contributed by atoms with Crippen molar-refractivity contribution in [2.75, 3.05) is 10.9 Å². The first-order valence-corrected chi connectivity index (χ1v) is 9.67. The second kappa shape index (κ2) is 6.13. The van der Waals surface area contributed by atoms with Crippen molar-refractivity contribution in [2.45, 2.75) is 45.1 Å². The molecule has 4 nitrogen and oxygen atoms in total. The van der Waals surface area contributed by atoms with Crippen LogP contribution in [0.25, 0.3) is 0 Å². The molecular formula is C19H23NO3S. The molecule has 24 heavy (non-hydrogen) atoms. The largest absolute Gasteiger partial charge is 0.494 e. The van der Waals surface area contributed by atoms with E-state index in [9.17, 15) is 8.42 Å². The molecule has 0 saturated heterocycles. The lowest BCUT2D eigenvalue weighted by Gasteiger charge is -2.26. The fraction of sp³-hybridized carbons (Fsp3) is 0.368. The maximum Gasteiger partial charge on any atom is 0.264 e. The first-order valence-electron chi connectivity index (χ1n) is 8.23. The van der Waals surface area contributed by atoms with Gasteiger partial charge < -0.3 is 4.74 Å².